The van der Waals surface area contributed by atoms with Gasteiger partial charge in [0.1, 0.15) is 11.6 Å². The van der Waals surface area contributed by atoms with Crippen LogP contribution in [-0.2, 0) is 22.4 Å². The molecule has 0 saturated heterocycles. The van der Waals surface area contributed by atoms with Crippen molar-refractivity contribution in [2.45, 2.75) is 58.8 Å². The van der Waals surface area contributed by atoms with E-state index in [1.165, 1.54) is 27.8 Å². The molecule has 0 spiro atoms. The van der Waals surface area contributed by atoms with Gasteiger partial charge in [-0.3, -0.25) is 4.79 Å². The first-order valence-electron chi connectivity index (χ1n) is 10.4. The first kappa shape index (κ1) is 20.3. The maximum absolute atomic E-state index is 13.1. The van der Waals surface area contributed by atoms with Crippen LogP contribution in [0.2, 0.25) is 0 Å². The van der Waals surface area contributed by atoms with Crippen LogP contribution < -0.4 is 0 Å². The number of rotatable bonds is 8. The normalized spacial score (nSPS) is 18.8. The Morgan fingerprint density at radius 1 is 0.929 bits per heavy atom. The van der Waals surface area contributed by atoms with E-state index in [-0.39, 0.29) is 23.4 Å². The topological polar surface area (TPSA) is 34.1 Å². The Bertz CT molecular complexity index is 877. The average molecular weight is 375 g/mol. The molecule has 28 heavy (non-hydrogen) atoms. The molecule has 2 unspecified atom stereocenters. The zero-order chi connectivity index (χ0) is 20.1. The summed E-state index contributed by atoms with van der Waals surface area (Å²) in [7, 11) is 0. The van der Waals surface area contributed by atoms with E-state index in [1.54, 1.807) is 6.92 Å². The van der Waals surface area contributed by atoms with E-state index >= 15 is 0 Å². The number of carbonyl (C=O) groups excluding carboxylic acids is 2. The molecule has 2 nitrogen and oxygen atoms in total. The van der Waals surface area contributed by atoms with Crippen LogP contribution in [0.15, 0.2) is 54.6 Å². The second kappa shape index (κ2) is 9.14. The number of hydrogen-bond donors (Lipinski definition) is 0. The molecular formula is C26H30O2. The quantitative estimate of drug-likeness (QED) is 0.573. The van der Waals surface area contributed by atoms with Crippen LogP contribution in [0.5, 0.6) is 0 Å². The molecule has 0 aromatic heterocycles. The van der Waals surface area contributed by atoms with Crippen molar-refractivity contribution in [3.8, 4) is 0 Å². The van der Waals surface area contributed by atoms with Crippen LogP contribution in [0.4, 0.5) is 0 Å². The fourth-order valence-electron chi connectivity index (χ4n) is 4.48. The highest BCUT2D eigenvalue weighted by Gasteiger charge is 2.35. The van der Waals surface area contributed by atoms with Crippen molar-refractivity contribution in [1.29, 1.82) is 0 Å². The Balaban J connectivity index is 1.99. The van der Waals surface area contributed by atoms with Crippen LogP contribution >= 0.6 is 0 Å². The second-order valence-electron chi connectivity index (χ2n) is 7.75. The van der Waals surface area contributed by atoms with E-state index in [4.69, 9.17) is 0 Å². The molecule has 1 aliphatic rings. The molecule has 0 bridgehead atoms. The van der Waals surface area contributed by atoms with Gasteiger partial charge < -0.3 is 4.79 Å². The molecule has 0 radical (unpaired) electrons. The summed E-state index contributed by atoms with van der Waals surface area (Å²) < 4.78 is 0. The van der Waals surface area contributed by atoms with E-state index < -0.39 is 0 Å². The fourth-order valence-corrected chi connectivity index (χ4v) is 4.48. The maximum Gasteiger partial charge on any atom is 0.140 e. The minimum absolute atomic E-state index is 0.0809. The Morgan fingerprint density at radius 3 is 2.32 bits per heavy atom. The van der Waals surface area contributed by atoms with Crippen LogP contribution in [0.1, 0.15) is 68.2 Å². The van der Waals surface area contributed by atoms with Gasteiger partial charge >= 0.3 is 0 Å². The molecule has 2 aromatic rings. The molecule has 0 saturated carbocycles. The molecular weight excluding hydrogens is 344 g/mol. The van der Waals surface area contributed by atoms with Crippen molar-refractivity contribution < 1.29 is 9.59 Å². The van der Waals surface area contributed by atoms with E-state index in [9.17, 15) is 9.59 Å². The highest BCUT2D eigenvalue weighted by Crippen LogP contribution is 2.45. The summed E-state index contributed by atoms with van der Waals surface area (Å²) in [6.07, 6.45) is 5.70. The molecule has 2 atom stereocenters. The van der Waals surface area contributed by atoms with Gasteiger partial charge in [0.05, 0.1) is 0 Å². The molecule has 2 heteroatoms. The molecule has 2 aromatic carbocycles. The van der Waals surface area contributed by atoms with Gasteiger partial charge in [-0.05, 0) is 54.0 Å². The van der Waals surface area contributed by atoms with Crippen LogP contribution in [-0.4, -0.2) is 11.6 Å². The lowest BCUT2D eigenvalue weighted by molar-refractivity contribution is -0.125. The summed E-state index contributed by atoms with van der Waals surface area (Å²) in [4.78, 5) is 24.5. The van der Waals surface area contributed by atoms with E-state index in [0.717, 1.165) is 19.3 Å². The monoisotopic (exact) mass is 374 g/mol. The van der Waals surface area contributed by atoms with E-state index in [2.05, 4.69) is 50.3 Å². The predicted molar refractivity (Wildman–Crippen MR) is 115 cm³/mol. The van der Waals surface area contributed by atoms with Gasteiger partial charge in [-0.25, -0.2) is 0 Å². The first-order chi connectivity index (χ1) is 13.5. The third-order valence-corrected chi connectivity index (χ3v) is 5.94. The molecule has 146 valence electrons. The summed E-state index contributed by atoms with van der Waals surface area (Å²) >= 11 is 0. The number of ketones is 2. The zero-order valence-corrected chi connectivity index (χ0v) is 17.2. The Hall–Kier alpha value is -2.48. The number of aryl methyl sites for hydroxylation is 1. The summed E-state index contributed by atoms with van der Waals surface area (Å²) in [5.74, 6) is 0.288. The van der Waals surface area contributed by atoms with Crippen molar-refractivity contribution in [3.05, 3.63) is 76.9 Å². The predicted octanol–water partition coefficient (Wildman–Crippen LogP) is 5.94. The van der Waals surface area contributed by atoms with Gasteiger partial charge in [0, 0.05) is 24.7 Å². The fraction of sp³-hybridized carbons (Fsp3) is 0.385. The highest BCUT2D eigenvalue weighted by molar-refractivity contribution is 5.91. The lowest BCUT2D eigenvalue weighted by atomic mass is 9.80. The summed E-state index contributed by atoms with van der Waals surface area (Å²) in [5, 5.41) is 0. The number of benzene rings is 2. The van der Waals surface area contributed by atoms with Crippen molar-refractivity contribution in [2.24, 2.45) is 5.92 Å². The Morgan fingerprint density at radius 2 is 1.68 bits per heavy atom. The molecule has 0 aliphatic heterocycles. The molecule has 0 fully saturated rings. The second-order valence-corrected chi connectivity index (χ2v) is 7.75. The SMILES string of the molecule is CCc1cccc(C2CC(c3ccccc3)=CC2C(=O)CCC(C)=O)c1CC. The number of carbonyl (C=O) groups is 2. The zero-order valence-electron chi connectivity index (χ0n) is 17.2. The van der Waals surface area contributed by atoms with Crippen LogP contribution in [0, 0.1) is 5.92 Å². The summed E-state index contributed by atoms with van der Waals surface area (Å²) in [5.41, 5.74) is 6.52. The van der Waals surface area contributed by atoms with Gasteiger partial charge in [0.25, 0.3) is 0 Å². The molecule has 0 heterocycles. The lowest BCUT2D eigenvalue weighted by Gasteiger charge is -2.23. The maximum atomic E-state index is 13.1. The highest BCUT2D eigenvalue weighted by atomic mass is 16.1. The average Bonchev–Trinajstić information content (AvgIpc) is 3.17. The standard InChI is InChI=1S/C26H30O2/c1-4-19-12-9-13-23(22(19)5-2)24-16-21(20-10-7-6-8-11-20)17-25(24)26(28)15-14-18(3)27/h6-13,17,24-25H,4-5,14-16H2,1-3H3. The van der Waals surface area contributed by atoms with Crippen LogP contribution in [0.3, 0.4) is 0 Å². The summed E-state index contributed by atoms with van der Waals surface area (Å²) in [6.45, 7) is 5.95. The Labute approximate surface area is 168 Å². The minimum Gasteiger partial charge on any atom is -0.300 e. The van der Waals surface area contributed by atoms with Crippen molar-refractivity contribution >= 4 is 17.1 Å². The molecule has 1 aliphatic carbocycles. The third kappa shape index (κ3) is 4.32. The van der Waals surface area contributed by atoms with Crippen molar-refractivity contribution in [1.82, 2.24) is 0 Å². The number of allylic oxidation sites excluding steroid dienone is 2. The molecule has 0 N–H and O–H groups in total. The number of Topliss-reactive ketones (excluding diaryl/α,β-unsaturated/α-hetero) is 2. The van der Waals surface area contributed by atoms with E-state index in [1.807, 2.05) is 18.2 Å². The van der Waals surface area contributed by atoms with Gasteiger partial charge in [-0.1, -0.05) is 68.5 Å². The largest absolute Gasteiger partial charge is 0.300 e. The van der Waals surface area contributed by atoms with Crippen molar-refractivity contribution in [3.63, 3.8) is 0 Å². The first-order valence-corrected chi connectivity index (χ1v) is 10.4. The number of hydrogen-bond acceptors (Lipinski definition) is 2. The molecule has 3 rings (SSSR count). The Kier molecular flexibility index (Phi) is 6.61. The van der Waals surface area contributed by atoms with Gasteiger partial charge in [-0.2, -0.15) is 0 Å². The van der Waals surface area contributed by atoms with Crippen LogP contribution in [0.25, 0.3) is 5.57 Å². The van der Waals surface area contributed by atoms with E-state index in [0.29, 0.717) is 12.8 Å². The van der Waals surface area contributed by atoms with Gasteiger partial charge in [0.2, 0.25) is 0 Å². The summed E-state index contributed by atoms with van der Waals surface area (Å²) in [6, 6.07) is 16.9. The third-order valence-electron chi connectivity index (χ3n) is 5.94. The smallest absolute Gasteiger partial charge is 0.140 e. The minimum atomic E-state index is -0.146. The van der Waals surface area contributed by atoms with Gasteiger partial charge in [0.15, 0.2) is 0 Å². The van der Waals surface area contributed by atoms with Crippen molar-refractivity contribution in [2.75, 3.05) is 0 Å². The lowest BCUT2D eigenvalue weighted by Crippen LogP contribution is -2.19. The molecule has 0 amide bonds. The van der Waals surface area contributed by atoms with Gasteiger partial charge in [-0.15, -0.1) is 0 Å².